The monoisotopic (exact) mass is 407 g/mol. The van der Waals surface area contributed by atoms with E-state index >= 15 is 0 Å². The van der Waals surface area contributed by atoms with E-state index in [1.54, 1.807) is 12.4 Å². The number of aromatic nitrogens is 5. The van der Waals surface area contributed by atoms with Gasteiger partial charge in [0.15, 0.2) is 5.13 Å². The Bertz CT molecular complexity index is 1150. The second-order valence-corrected chi connectivity index (χ2v) is 8.28. The Morgan fingerprint density at radius 1 is 1.31 bits per heavy atom. The molecule has 0 aromatic carbocycles. The van der Waals surface area contributed by atoms with E-state index in [1.807, 2.05) is 31.2 Å². The number of H-pyrrole nitrogens is 1. The average molecular weight is 408 g/mol. The van der Waals surface area contributed by atoms with Crippen LogP contribution in [0.25, 0.3) is 21.6 Å². The molecule has 5 heterocycles. The molecule has 1 unspecified atom stereocenters. The van der Waals surface area contributed by atoms with Gasteiger partial charge in [0.2, 0.25) is 0 Å². The highest BCUT2D eigenvalue weighted by atomic mass is 32.1. The fourth-order valence-electron chi connectivity index (χ4n) is 3.59. The van der Waals surface area contributed by atoms with Gasteiger partial charge in [0.1, 0.15) is 16.2 Å². The molecule has 5 rings (SSSR count). The van der Waals surface area contributed by atoms with Gasteiger partial charge in [-0.2, -0.15) is 5.10 Å². The Morgan fingerprint density at radius 3 is 3.03 bits per heavy atom. The predicted molar refractivity (Wildman–Crippen MR) is 113 cm³/mol. The van der Waals surface area contributed by atoms with E-state index in [9.17, 15) is 5.11 Å². The molecule has 9 heteroatoms. The fourth-order valence-corrected chi connectivity index (χ4v) is 4.44. The molecule has 0 radical (unpaired) electrons. The van der Waals surface area contributed by atoms with Crippen molar-refractivity contribution < 1.29 is 5.11 Å². The third kappa shape index (κ3) is 3.84. The summed E-state index contributed by atoms with van der Waals surface area (Å²) in [7, 11) is 0. The number of aryl methyl sites for hydroxylation is 1. The van der Waals surface area contributed by atoms with Gasteiger partial charge in [0.05, 0.1) is 18.0 Å². The fraction of sp³-hybridized carbons (Fsp3) is 0.300. The van der Waals surface area contributed by atoms with Crippen LogP contribution in [0.2, 0.25) is 0 Å². The van der Waals surface area contributed by atoms with Crippen molar-refractivity contribution in [2.45, 2.75) is 26.0 Å². The molecule has 8 nitrogen and oxygen atoms in total. The maximum atomic E-state index is 9.71. The SMILES string of the molecule is Cc1[nH]ncc1-c1ccc2nc(Nc3cc(CN4CCC(O)C4)ccn3)sc2n1. The van der Waals surface area contributed by atoms with Gasteiger partial charge >= 0.3 is 0 Å². The number of aromatic amines is 1. The molecule has 3 N–H and O–H groups in total. The molecule has 4 aromatic rings. The van der Waals surface area contributed by atoms with E-state index < -0.39 is 0 Å². The molecule has 0 saturated carbocycles. The number of thiazole rings is 1. The van der Waals surface area contributed by atoms with Crippen LogP contribution in [0.5, 0.6) is 0 Å². The Balaban J connectivity index is 1.35. The predicted octanol–water partition coefficient (Wildman–Crippen LogP) is 3.10. The molecule has 29 heavy (non-hydrogen) atoms. The maximum absolute atomic E-state index is 9.71. The standard InChI is InChI=1S/C20H21N7OS/c1-12-15(9-22-26-12)16-2-3-17-19(23-16)29-20(24-17)25-18-8-13(4-6-21-18)10-27-7-5-14(28)11-27/h2-4,6,8-9,14,28H,5,7,10-11H2,1H3,(H,22,26)(H,21,24,25). The highest BCUT2D eigenvalue weighted by molar-refractivity contribution is 7.21. The van der Waals surface area contributed by atoms with Crippen molar-refractivity contribution in [3.8, 4) is 11.3 Å². The molecule has 0 spiro atoms. The van der Waals surface area contributed by atoms with Crippen LogP contribution in [0.3, 0.4) is 0 Å². The summed E-state index contributed by atoms with van der Waals surface area (Å²) in [6.07, 6.45) is 4.23. The van der Waals surface area contributed by atoms with Crippen LogP contribution in [0.1, 0.15) is 17.7 Å². The van der Waals surface area contributed by atoms with Gasteiger partial charge in [0, 0.05) is 37.1 Å². The van der Waals surface area contributed by atoms with Gasteiger partial charge in [-0.25, -0.2) is 15.0 Å². The summed E-state index contributed by atoms with van der Waals surface area (Å²) in [4.78, 5) is 16.9. The van der Waals surface area contributed by atoms with Crippen LogP contribution in [0.15, 0.2) is 36.7 Å². The highest BCUT2D eigenvalue weighted by Crippen LogP contribution is 2.29. The molecule has 0 aliphatic carbocycles. The summed E-state index contributed by atoms with van der Waals surface area (Å²) in [5, 5.41) is 20.8. The Morgan fingerprint density at radius 2 is 2.24 bits per heavy atom. The van der Waals surface area contributed by atoms with Crippen molar-refractivity contribution in [1.29, 1.82) is 0 Å². The Labute approximate surface area is 171 Å². The number of nitrogens with zero attached hydrogens (tertiary/aromatic N) is 5. The lowest BCUT2D eigenvalue weighted by Gasteiger charge is -2.15. The smallest absolute Gasteiger partial charge is 0.190 e. The van der Waals surface area contributed by atoms with Crippen molar-refractivity contribution >= 4 is 32.6 Å². The van der Waals surface area contributed by atoms with E-state index in [2.05, 4.69) is 30.4 Å². The van der Waals surface area contributed by atoms with E-state index in [0.717, 1.165) is 69.9 Å². The number of rotatable bonds is 5. The van der Waals surface area contributed by atoms with Crippen LogP contribution in [-0.2, 0) is 6.54 Å². The number of aliphatic hydroxyl groups excluding tert-OH is 1. The molecule has 1 saturated heterocycles. The molecule has 4 aromatic heterocycles. The summed E-state index contributed by atoms with van der Waals surface area (Å²) in [6, 6.07) is 7.99. The largest absolute Gasteiger partial charge is 0.392 e. The number of pyridine rings is 2. The molecule has 1 aliphatic heterocycles. The number of hydrogen-bond acceptors (Lipinski definition) is 8. The van der Waals surface area contributed by atoms with Gasteiger partial charge in [-0.15, -0.1) is 0 Å². The quantitative estimate of drug-likeness (QED) is 0.467. The Kier molecular flexibility index (Phi) is 4.70. The number of nitrogens with one attached hydrogen (secondary N) is 2. The van der Waals surface area contributed by atoms with Crippen LogP contribution in [-0.4, -0.2) is 54.3 Å². The summed E-state index contributed by atoms with van der Waals surface area (Å²) in [6.45, 7) is 4.44. The van der Waals surface area contributed by atoms with Crippen molar-refractivity contribution in [2.24, 2.45) is 0 Å². The topological polar surface area (TPSA) is 103 Å². The lowest BCUT2D eigenvalue weighted by atomic mass is 10.2. The molecule has 0 bridgehead atoms. The van der Waals surface area contributed by atoms with Gasteiger partial charge < -0.3 is 10.4 Å². The van der Waals surface area contributed by atoms with Crippen molar-refractivity contribution in [2.75, 3.05) is 18.4 Å². The van der Waals surface area contributed by atoms with Gasteiger partial charge in [-0.3, -0.25) is 10.00 Å². The number of hydrogen-bond donors (Lipinski definition) is 3. The molecule has 1 fully saturated rings. The number of aliphatic hydroxyl groups is 1. The Hall–Kier alpha value is -2.88. The van der Waals surface area contributed by atoms with Crippen LogP contribution in [0, 0.1) is 6.92 Å². The minimum atomic E-state index is -0.208. The van der Waals surface area contributed by atoms with Crippen LogP contribution < -0.4 is 5.32 Å². The minimum absolute atomic E-state index is 0.208. The molecular weight excluding hydrogens is 386 g/mol. The molecular formula is C20H21N7OS. The third-order valence-corrected chi connectivity index (χ3v) is 5.95. The number of β-amino-alcohol motifs (C(OH)–C–C–N with tert-alkyl or cyclic N) is 1. The molecule has 1 atom stereocenters. The lowest BCUT2D eigenvalue weighted by molar-refractivity contribution is 0.175. The summed E-state index contributed by atoms with van der Waals surface area (Å²) < 4.78 is 0. The van der Waals surface area contributed by atoms with Gasteiger partial charge in [-0.05, 0) is 43.2 Å². The lowest BCUT2D eigenvalue weighted by Crippen LogP contribution is -2.21. The second kappa shape index (κ2) is 7.51. The van der Waals surface area contributed by atoms with Crippen molar-refractivity contribution in [1.82, 2.24) is 30.0 Å². The third-order valence-electron chi connectivity index (χ3n) is 5.07. The first-order valence-corrected chi connectivity index (χ1v) is 10.4. The summed E-state index contributed by atoms with van der Waals surface area (Å²) in [5.41, 5.74) is 4.88. The van der Waals surface area contributed by atoms with Crippen molar-refractivity contribution in [3.05, 3.63) is 47.9 Å². The van der Waals surface area contributed by atoms with Gasteiger partial charge in [0.25, 0.3) is 0 Å². The number of anilines is 2. The first-order valence-electron chi connectivity index (χ1n) is 9.54. The summed E-state index contributed by atoms with van der Waals surface area (Å²) >= 11 is 1.50. The van der Waals surface area contributed by atoms with Crippen molar-refractivity contribution in [3.63, 3.8) is 0 Å². The first-order chi connectivity index (χ1) is 14.1. The van der Waals surface area contributed by atoms with E-state index in [1.165, 1.54) is 11.3 Å². The zero-order chi connectivity index (χ0) is 19.8. The normalized spacial score (nSPS) is 17.2. The maximum Gasteiger partial charge on any atom is 0.190 e. The second-order valence-electron chi connectivity index (χ2n) is 7.30. The highest BCUT2D eigenvalue weighted by Gasteiger charge is 2.20. The molecule has 148 valence electrons. The van der Waals surface area contributed by atoms with E-state index in [-0.39, 0.29) is 6.10 Å². The van der Waals surface area contributed by atoms with E-state index in [4.69, 9.17) is 4.98 Å². The molecule has 0 amide bonds. The van der Waals surface area contributed by atoms with Crippen LogP contribution >= 0.6 is 11.3 Å². The minimum Gasteiger partial charge on any atom is -0.392 e. The number of fused-ring (bicyclic) bond motifs is 1. The zero-order valence-corrected chi connectivity index (χ0v) is 16.8. The zero-order valence-electron chi connectivity index (χ0n) is 16.0. The van der Waals surface area contributed by atoms with Gasteiger partial charge in [-0.1, -0.05) is 11.3 Å². The summed E-state index contributed by atoms with van der Waals surface area (Å²) in [5.74, 6) is 0.757. The average Bonchev–Trinajstić information content (AvgIpc) is 3.41. The molecule has 1 aliphatic rings. The number of likely N-dealkylation sites (tertiary alicyclic amines) is 1. The van der Waals surface area contributed by atoms with E-state index in [0.29, 0.717) is 0 Å². The first kappa shape index (κ1) is 18.2. The van der Waals surface area contributed by atoms with Crippen LogP contribution in [0.4, 0.5) is 10.9 Å².